The molecule has 1 atom stereocenters. The number of sulfonamides is 1. The molecule has 0 aliphatic carbocycles. The number of thiophene rings is 1. The molecule has 1 aliphatic rings. The van der Waals surface area contributed by atoms with Gasteiger partial charge in [-0.15, -0.1) is 11.3 Å². The highest BCUT2D eigenvalue weighted by Gasteiger charge is 2.30. The van der Waals surface area contributed by atoms with Gasteiger partial charge < -0.3 is 10.0 Å². The summed E-state index contributed by atoms with van der Waals surface area (Å²) in [6, 6.07) is -0.363. The van der Waals surface area contributed by atoms with Gasteiger partial charge in [0.15, 0.2) is 0 Å². The molecule has 1 aromatic rings. The molecule has 1 saturated heterocycles. The van der Waals surface area contributed by atoms with Crippen LogP contribution < -0.4 is 4.72 Å². The highest BCUT2D eigenvalue weighted by molar-refractivity contribution is 9.10. The minimum atomic E-state index is -3.59. The van der Waals surface area contributed by atoms with Crippen molar-refractivity contribution in [3.05, 3.63) is 15.2 Å². The van der Waals surface area contributed by atoms with Crippen LogP contribution in [0.2, 0.25) is 0 Å². The number of amides is 1. The number of rotatable bonds is 3. The van der Waals surface area contributed by atoms with Crippen molar-refractivity contribution in [2.24, 2.45) is 0 Å². The molecule has 2 heterocycles. The van der Waals surface area contributed by atoms with Crippen LogP contribution in [0.4, 0.5) is 4.79 Å². The number of likely N-dealkylation sites (tertiary alicyclic amines) is 1. The molecule has 0 aromatic carbocycles. The molecule has 100 valence electrons. The lowest BCUT2D eigenvalue weighted by molar-refractivity contribution is 0.155. The predicted octanol–water partition coefficient (Wildman–Crippen LogP) is 1.54. The lowest BCUT2D eigenvalue weighted by Crippen LogP contribution is -2.38. The Labute approximate surface area is 117 Å². The van der Waals surface area contributed by atoms with E-state index in [9.17, 15) is 13.2 Å². The smallest absolute Gasteiger partial charge is 0.407 e. The number of nitrogens with one attached hydrogen (secondary N) is 1. The summed E-state index contributed by atoms with van der Waals surface area (Å²) in [7, 11) is -3.59. The Balaban J connectivity index is 2.07. The van der Waals surface area contributed by atoms with Gasteiger partial charge in [0.1, 0.15) is 4.90 Å². The van der Waals surface area contributed by atoms with Gasteiger partial charge in [0.2, 0.25) is 10.0 Å². The predicted molar refractivity (Wildman–Crippen MR) is 70.3 cm³/mol. The van der Waals surface area contributed by atoms with Gasteiger partial charge in [-0.3, -0.25) is 0 Å². The summed E-state index contributed by atoms with van der Waals surface area (Å²) in [5.41, 5.74) is 0. The fraction of sp³-hybridized carbons (Fsp3) is 0.444. The maximum absolute atomic E-state index is 12.0. The number of halogens is 1. The standard InChI is InChI=1S/C9H11BrN2O4S2/c10-7-4-17-5-8(7)18(15,16)11-6-1-2-12(3-6)9(13)14/h4-6,11H,1-3H2,(H,13,14)/t6-/m1/s1. The Morgan fingerprint density at radius 3 is 2.78 bits per heavy atom. The van der Waals surface area contributed by atoms with Gasteiger partial charge in [-0.2, -0.15) is 0 Å². The first-order chi connectivity index (χ1) is 8.40. The van der Waals surface area contributed by atoms with E-state index in [-0.39, 0.29) is 17.5 Å². The fourth-order valence-electron chi connectivity index (χ4n) is 1.77. The summed E-state index contributed by atoms with van der Waals surface area (Å²) >= 11 is 4.46. The van der Waals surface area contributed by atoms with Crippen molar-refractivity contribution >= 4 is 43.4 Å². The van der Waals surface area contributed by atoms with Crippen molar-refractivity contribution < 1.29 is 18.3 Å². The third-order valence-electron chi connectivity index (χ3n) is 2.65. The maximum atomic E-state index is 12.0. The molecule has 2 N–H and O–H groups in total. The number of hydrogen-bond donors (Lipinski definition) is 2. The van der Waals surface area contributed by atoms with Gasteiger partial charge in [0.25, 0.3) is 0 Å². The van der Waals surface area contributed by atoms with Crippen molar-refractivity contribution in [1.29, 1.82) is 0 Å². The van der Waals surface area contributed by atoms with Gasteiger partial charge in [0, 0.05) is 34.4 Å². The van der Waals surface area contributed by atoms with Crippen LogP contribution in [0.5, 0.6) is 0 Å². The molecule has 0 unspecified atom stereocenters. The second-order valence-electron chi connectivity index (χ2n) is 3.92. The van der Waals surface area contributed by atoms with Crippen molar-refractivity contribution in [2.45, 2.75) is 17.4 Å². The van der Waals surface area contributed by atoms with E-state index in [2.05, 4.69) is 20.7 Å². The zero-order valence-corrected chi connectivity index (χ0v) is 12.4. The van der Waals surface area contributed by atoms with Crippen LogP contribution in [0.25, 0.3) is 0 Å². The van der Waals surface area contributed by atoms with Crippen molar-refractivity contribution in [1.82, 2.24) is 9.62 Å². The number of hydrogen-bond acceptors (Lipinski definition) is 4. The van der Waals surface area contributed by atoms with Gasteiger partial charge in [-0.05, 0) is 22.4 Å². The zero-order chi connectivity index (χ0) is 13.3. The maximum Gasteiger partial charge on any atom is 0.407 e. The quantitative estimate of drug-likeness (QED) is 0.861. The van der Waals surface area contributed by atoms with Crippen molar-refractivity contribution in [2.75, 3.05) is 13.1 Å². The Morgan fingerprint density at radius 1 is 1.56 bits per heavy atom. The fourth-order valence-corrected chi connectivity index (χ4v) is 5.39. The van der Waals surface area contributed by atoms with Crippen LogP contribution in [-0.2, 0) is 10.0 Å². The largest absolute Gasteiger partial charge is 0.465 e. The first kappa shape index (κ1) is 13.8. The number of carbonyl (C=O) groups is 1. The molecular weight excluding hydrogens is 344 g/mol. The van der Waals surface area contributed by atoms with Crippen LogP contribution in [0.15, 0.2) is 20.1 Å². The van der Waals surface area contributed by atoms with E-state index in [1.54, 1.807) is 5.38 Å². The lowest BCUT2D eigenvalue weighted by atomic mass is 10.3. The highest BCUT2D eigenvalue weighted by Crippen LogP contribution is 2.26. The Morgan fingerprint density at radius 2 is 2.28 bits per heavy atom. The second kappa shape index (κ2) is 5.16. The van der Waals surface area contributed by atoms with Crippen LogP contribution in [-0.4, -0.2) is 43.6 Å². The molecule has 0 radical (unpaired) electrons. The molecule has 18 heavy (non-hydrogen) atoms. The van der Waals surface area contributed by atoms with E-state index in [0.717, 1.165) is 0 Å². The van der Waals surface area contributed by atoms with Crippen LogP contribution >= 0.6 is 27.3 Å². The molecule has 2 rings (SSSR count). The molecule has 0 spiro atoms. The second-order valence-corrected chi connectivity index (χ2v) is 7.20. The van der Waals surface area contributed by atoms with Gasteiger partial charge in [0.05, 0.1) is 0 Å². The van der Waals surface area contributed by atoms with E-state index in [4.69, 9.17) is 5.11 Å². The first-order valence-corrected chi connectivity index (χ1v) is 8.34. The minimum absolute atomic E-state index is 0.191. The average Bonchev–Trinajstić information content (AvgIpc) is 2.86. The first-order valence-electron chi connectivity index (χ1n) is 5.12. The van der Waals surface area contributed by atoms with Crippen LogP contribution in [0, 0.1) is 0 Å². The normalized spacial score (nSPS) is 20.3. The van der Waals surface area contributed by atoms with Crippen molar-refractivity contribution in [3.8, 4) is 0 Å². The summed E-state index contributed by atoms with van der Waals surface area (Å²) in [5, 5.41) is 12.0. The number of nitrogens with zero attached hydrogens (tertiary/aromatic N) is 1. The Bertz CT molecular complexity index is 557. The molecule has 0 bridgehead atoms. The van der Waals surface area contributed by atoms with Crippen LogP contribution in [0.1, 0.15) is 6.42 Å². The Kier molecular flexibility index (Phi) is 3.95. The molecule has 0 saturated carbocycles. The van der Waals surface area contributed by atoms with Gasteiger partial charge in [-0.25, -0.2) is 17.9 Å². The Hall–Kier alpha value is -0.640. The molecule has 1 amide bonds. The summed E-state index contributed by atoms with van der Waals surface area (Å²) < 4.78 is 27.1. The van der Waals surface area contributed by atoms with Crippen molar-refractivity contribution in [3.63, 3.8) is 0 Å². The summed E-state index contributed by atoms with van der Waals surface area (Å²) in [6.45, 7) is 0.545. The molecular formula is C9H11BrN2O4S2. The topological polar surface area (TPSA) is 86.7 Å². The molecule has 1 aromatic heterocycles. The average molecular weight is 355 g/mol. The van der Waals surface area contributed by atoms with E-state index in [0.29, 0.717) is 17.4 Å². The molecule has 1 fully saturated rings. The highest BCUT2D eigenvalue weighted by atomic mass is 79.9. The SMILES string of the molecule is O=C(O)N1CC[C@@H](NS(=O)(=O)c2cscc2Br)C1. The third-order valence-corrected chi connectivity index (χ3v) is 6.33. The summed E-state index contributed by atoms with van der Waals surface area (Å²) in [6.07, 6.45) is -0.527. The van der Waals surface area contributed by atoms with Crippen LogP contribution in [0.3, 0.4) is 0 Å². The van der Waals surface area contributed by atoms with Gasteiger partial charge in [-0.1, -0.05) is 0 Å². The van der Waals surface area contributed by atoms with E-state index in [1.807, 2.05) is 0 Å². The molecule has 1 aliphatic heterocycles. The molecule has 9 heteroatoms. The van der Waals surface area contributed by atoms with E-state index < -0.39 is 16.1 Å². The summed E-state index contributed by atoms with van der Waals surface area (Å²) in [4.78, 5) is 12.1. The van der Waals surface area contributed by atoms with Gasteiger partial charge >= 0.3 is 6.09 Å². The van der Waals surface area contributed by atoms with E-state index in [1.165, 1.54) is 21.6 Å². The summed E-state index contributed by atoms with van der Waals surface area (Å²) in [5.74, 6) is 0. The number of carboxylic acid groups (broad SMARTS) is 1. The zero-order valence-electron chi connectivity index (χ0n) is 9.17. The monoisotopic (exact) mass is 354 g/mol. The lowest BCUT2D eigenvalue weighted by Gasteiger charge is -2.13. The third kappa shape index (κ3) is 2.85. The van der Waals surface area contributed by atoms with E-state index >= 15 is 0 Å². The minimum Gasteiger partial charge on any atom is -0.465 e. The molecule has 6 nitrogen and oxygen atoms in total.